The number of benzene rings is 1. The van der Waals surface area contributed by atoms with Gasteiger partial charge in [-0.05, 0) is 12.5 Å². The standard InChI is InChI=1S/C10H9ClF5NO/c11-7-2-6(10(14,15)16)9(13)8(12)5(7)1-4(17)3-18/h2,4,18H,1,3,17H2. The Bertz CT molecular complexity index is 449. The topological polar surface area (TPSA) is 46.2 Å². The predicted octanol–water partition coefficient (Wildman–Crippen LogP) is 2.50. The van der Waals surface area contributed by atoms with E-state index >= 15 is 0 Å². The Morgan fingerprint density at radius 1 is 1.28 bits per heavy atom. The smallest absolute Gasteiger partial charge is 0.395 e. The highest BCUT2D eigenvalue weighted by Crippen LogP contribution is 2.36. The van der Waals surface area contributed by atoms with Gasteiger partial charge in [0.05, 0.1) is 12.2 Å². The molecule has 1 unspecified atom stereocenters. The third-order valence-electron chi connectivity index (χ3n) is 2.26. The van der Waals surface area contributed by atoms with Crippen LogP contribution in [0.1, 0.15) is 11.1 Å². The predicted molar refractivity (Wildman–Crippen MR) is 55.1 cm³/mol. The van der Waals surface area contributed by atoms with Gasteiger partial charge < -0.3 is 10.8 Å². The maximum absolute atomic E-state index is 13.5. The lowest BCUT2D eigenvalue weighted by molar-refractivity contribution is -0.140. The maximum Gasteiger partial charge on any atom is 0.419 e. The highest BCUT2D eigenvalue weighted by atomic mass is 35.5. The van der Waals surface area contributed by atoms with E-state index in [2.05, 4.69) is 0 Å². The molecule has 3 N–H and O–H groups in total. The minimum absolute atomic E-state index is 0.305. The van der Waals surface area contributed by atoms with E-state index in [0.717, 1.165) is 0 Å². The molecule has 102 valence electrons. The molecule has 0 bridgehead atoms. The SMILES string of the molecule is NC(CO)Cc1c(Cl)cc(C(F)(F)F)c(F)c1F. The number of alkyl halides is 3. The van der Waals surface area contributed by atoms with Crippen LogP contribution in [-0.2, 0) is 12.6 Å². The van der Waals surface area contributed by atoms with Crippen molar-refractivity contribution in [3.8, 4) is 0 Å². The molecule has 0 fully saturated rings. The Hall–Kier alpha value is -0.920. The van der Waals surface area contributed by atoms with Crippen LogP contribution in [0.25, 0.3) is 0 Å². The van der Waals surface area contributed by atoms with Crippen LogP contribution in [-0.4, -0.2) is 17.8 Å². The van der Waals surface area contributed by atoms with Gasteiger partial charge in [0, 0.05) is 16.6 Å². The molecular formula is C10H9ClF5NO. The van der Waals surface area contributed by atoms with Crippen molar-refractivity contribution in [1.82, 2.24) is 0 Å². The first-order chi connectivity index (χ1) is 8.18. The van der Waals surface area contributed by atoms with Crippen LogP contribution in [0.5, 0.6) is 0 Å². The molecule has 0 spiro atoms. The molecule has 1 rings (SSSR count). The van der Waals surface area contributed by atoms with Crippen LogP contribution in [0, 0.1) is 11.6 Å². The van der Waals surface area contributed by atoms with Gasteiger partial charge in [-0.3, -0.25) is 0 Å². The number of hydrogen-bond donors (Lipinski definition) is 2. The van der Waals surface area contributed by atoms with E-state index in [0.29, 0.717) is 6.07 Å². The first-order valence-electron chi connectivity index (χ1n) is 4.78. The van der Waals surface area contributed by atoms with Crippen molar-refractivity contribution in [2.24, 2.45) is 5.73 Å². The Kier molecular flexibility index (Phi) is 4.52. The van der Waals surface area contributed by atoms with E-state index in [1.54, 1.807) is 0 Å². The average Bonchev–Trinajstić information content (AvgIpc) is 2.27. The Morgan fingerprint density at radius 3 is 2.28 bits per heavy atom. The van der Waals surface area contributed by atoms with Gasteiger partial charge >= 0.3 is 6.18 Å². The molecule has 2 nitrogen and oxygen atoms in total. The van der Waals surface area contributed by atoms with E-state index in [-0.39, 0.29) is 6.42 Å². The summed E-state index contributed by atoms with van der Waals surface area (Å²) in [5.74, 6) is -3.72. The molecule has 0 heterocycles. The summed E-state index contributed by atoms with van der Waals surface area (Å²) in [5, 5.41) is 8.09. The first-order valence-corrected chi connectivity index (χ1v) is 5.16. The molecule has 0 aliphatic rings. The number of hydrogen-bond acceptors (Lipinski definition) is 2. The molecule has 0 aromatic heterocycles. The van der Waals surface area contributed by atoms with Crippen LogP contribution in [0.2, 0.25) is 5.02 Å². The zero-order chi connectivity index (χ0) is 14.1. The summed E-state index contributed by atoms with van der Waals surface area (Å²) in [6.07, 6.45) is -5.40. The van der Waals surface area contributed by atoms with Gasteiger partial charge in [0.1, 0.15) is 0 Å². The third kappa shape index (κ3) is 3.09. The van der Waals surface area contributed by atoms with Gasteiger partial charge in [-0.25, -0.2) is 8.78 Å². The fraction of sp³-hybridized carbons (Fsp3) is 0.400. The molecule has 1 aromatic rings. The number of halogens is 6. The second kappa shape index (κ2) is 5.38. The van der Waals surface area contributed by atoms with Gasteiger partial charge in [-0.15, -0.1) is 0 Å². The second-order valence-electron chi connectivity index (χ2n) is 3.66. The molecule has 18 heavy (non-hydrogen) atoms. The van der Waals surface area contributed by atoms with Crippen molar-refractivity contribution >= 4 is 11.6 Å². The van der Waals surface area contributed by atoms with Crippen LogP contribution in [0.15, 0.2) is 6.07 Å². The Balaban J connectivity index is 3.29. The fourth-order valence-corrected chi connectivity index (χ4v) is 1.62. The molecule has 8 heteroatoms. The highest BCUT2D eigenvalue weighted by molar-refractivity contribution is 6.31. The Labute approximate surface area is 104 Å². The molecule has 0 saturated heterocycles. The van der Waals surface area contributed by atoms with Crippen molar-refractivity contribution < 1.29 is 27.1 Å². The lowest BCUT2D eigenvalue weighted by atomic mass is 10.0. The largest absolute Gasteiger partial charge is 0.419 e. The molecule has 0 amide bonds. The highest BCUT2D eigenvalue weighted by Gasteiger charge is 2.37. The van der Waals surface area contributed by atoms with Crippen molar-refractivity contribution in [2.45, 2.75) is 18.6 Å². The molecular weight excluding hydrogens is 281 g/mol. The minimum Gasteiger partial charge on any atom is -0.395 e. The fourth-order valence-electron chi connectivity index (χ4n) is 1.35. The zero-order valence-corrected chi connectivity index (χ0v) is 9.62. The van der Waals surface area contributed by atoms with Crippen molar-refractivity contribution in [2.75, 3.05) is 6.61 Å². The van der Waals surface area contributed by atoms with Gasteiger partial charge in [0.15, 0.2) is 11.6 Å². The van der Waals surface area contributed by atoms with Crippen LogP contribution in [0.4, 0.5) is 22.0 Å². The summed E-state index contributed by atoms with van der Waals surface area (Å²) in [6, 6.07) is -0.632. The Morgan fingerprint density at radius 2 is 1.83 bits per heavy atom. The van der Waals surface area contributed by atoms with Gasteiger partial charge in [-0.2, -0.15) is 13.2 Å². The summed E-state index contributed by atoms with van der Waals surface area (Å²) in [5.41, 5.74) is 3.04. The lowest BCUT2D eigenvalue weighted by Gasteiger charge is -2.15. The quantitative estimate of drug-likeness (QED) is 0.663. The van der Waals surface area contributed by atoms with Crippen LogP contribution < -0.4 is 5.73 Å². The van der Waals surface area contributed by atoms with E-state index in [1.165, 1.54) is 0 Å². The van der Waals surface area contributed by atoms with E-state index < -0.39 is 46.6 Å². The molecule has 0 aliphatic heterocycles. The van der Waals surface area contributed by atoms with E-state index in [9.17, 15) is 22.0 Å². The van der Waals surface area contributed by atoms with Crippen molar-refractivity contribution in [3.63, 3.8) is 0 Å². The second-order valence-corrected chi connectivity index (χ2v) is 4.06. The summed E-state index contributed by atoms with van der Waals surface area (Å²) in [7, 11) is 0. The summed E-state index contributed by atoms with van der Waals surface area (Å²) in [6.45, 7) is -0.529. The lowest BCUT2D eigenvalue weighted by Crippen LogP contribution is -2.28. The van der Waals surface area contributed by atoms with Crippen molar-refractivity contribution in [1.29, 1.82) is 0 Å². The van der Waals surface area contributed by atoms with Crippen molar-refractivity contribution in [3.05, 3.63) is 33.9 Å². The maximum atomic E-state index is 13.5. The number of aliphatic hydroxyl groups excluding tert-OH is 1. The number of aliphatic hydroxyl groups is 1. The number of rotatable bonds is 3. The number of nitrogens with two attached hydrogens (primary N) is 1. The normalized spacial score (nSPS) is 13.8. The van der Waals surface area contributed by atoms with Gasteiger partial charge in [0.2, 0.25) is 0 Å². The monoisotopic (exact) mass is 289 g/mol. The average molecular weight is 290 g/mol. The van der Waals surface area contributed by atoms with Gasteiger partial charge in [-0.1, -0.05) is 11.6 Å². The molecule has 1 atom stereocenters. The molecule has 0 radical (unpaired) electrons. The third-order valence-corrected chi connectivity index (χ3v) is 2.60. The molecule has 0 saturated carbocycles. The van der Waals surface area contributed by atoms with E-state index in [4.69, 9.17) is 22.4 Å². The first kappa shape index (κ1) is 15.1. The van der Waals surface area contributed by atoms with Crippen LogP contribution in [0.3, 0.4) is 0 Å². The summed E-state index contributed by atoms with van der Waals surface area (Å²) in [4.78, 5) is 0. The van der Waals surface area contributed by atoms with Crippen LogP contribution >= 0.6 is 11.6 Å². The summed E-state index contributed by atoms with van der Waals surface area (Å²) < 4.78 is 63.7. The van der Waals surface area contributed by atoms with E-state index in [1.807, 2.05) is 0 Å². The minimum atomic E-state index is -5.04. The summed E-state index contributed by atoms with van der Waals surface area (Å²) >= 11 is 5.47. The van der Waals surface area contributed by atoms with Gasteiger partial charge in [0.25, 0.3) is 0 Å². The molecule has 0 aliphatic carbocycles. The zero-order valence-electron chi connectivity index (χ0n) is 8.86. The molecule has 1 aromatic carbocycles.